The Hall–Kier alpha value is -3.34. The van der Waals surface area contributed by atoms with E-state index in [0.29, 0.717) is 5.95 Å². The fourth-order valence-corrected chi connectivity index (χ4v) is 4.23. The van der Waals surface area contributed by atoms with Gasteiger partial charge in [-0.15, -0.1) is 11.3 Å². The molecule has 0 aliphatic carbocycles. The standard InChI is InChI=1S/C19H21N5S.C2HF3O2/c1-4-24(5-2)18-16-12-8-9-23(3)17(12)13(15-7-6-10-25-15)11-14(16)21-19(20)22-18;3-2(4,5)1(6)7/h6-11H,4-5H2,1-3H3,(H2,20,21,22);(H,6,7). The van der Waals surface area contributed by atoms with Crippen LogP contribution in [0.3, 0.4) is 0 Å². The lowest BCUT2D eigenvalue weighted by molar-refractivity contribution is -0.192. The van der Waals surface area contributed by atoms with E-state index in [9.17, 15) is 13.2 Å². The van der Waals surface area contributed by atoms with Crippen molar-refractivity contribution in [2.75, 3.05) is 23.7 Å². The Labute approximate surface area is 185 Å². The van der Waals surface area contributed by atoms with Gasteiger partial charge in [0.1, 0.15) is 5.82 Å². The number of hydrogen-bond donors (Lipinski definition) is 2. The Morgan fingerprint density at radius 3 is 2.44 bits per heavy atom. The summed E-state index contributed by atoms with van der Waals surface area (Å²) in [7, 11) is 2.08. The lowest BCUT2D eigenvalue weighted by Gasteiger charge is -2.22. The molecular weight excluding hydrogens is 443 g/mol. The van der Waals surface area contributed by atoms with Gasteiger partial charge in [-0.05, 0) is 37.4 Å². The van der Waals surface area contributed by atoms with Crippen LogP contribution in [-0.2, 0) is 11.8 Å². The third-order valence-corrected chi connectivity index (χ3v) is 5.81. The Morgan fingerprint density at radius 1 is 1.25 bits per heavy atom. The second-order valence-electron chi connectivity index (χ2n) is 6.87. The minimum absolute atomic E-state index is 0.321. The van der Waals surface area contributed by atoms with Crippen LogP contribution in [0, 0.1) is 0 Å². The molecule has 0 aliphatic rings. The molecule has 11 heteroatoms. The number of nitrogen functional groups attached to an aromatic ring is 1. The van der Waals surface area contributed by atoms with Crippen molar-refractivity contribution in [3.63, 3.8) is 0 Å². The van der Waals surface area contributed by atoms with Crippen molar-refractivity contribution in [2.45, 2.75) is 20.0 Å². The first-order chi connectivity index (χ1) is 15.1. The Balaban J connectivity index is 0.000000360. The highest BCUT2D eigenvalue weighted by Gasteiger charge is 2.38. The number of carboxylic acid groups (broad SMARTS) is 1. The van der Waals surface area contributed by atoms with Crippen LogP contribution >= 0.6 is 11.3 Å². The maximum absolute atomic E-state index is 10.6. The third kappa shape index (κ3) is 4.47. The van der Waals surface area contributed by atoms with Crippen molar-refractivity contribution in [3.05, 3.63) is 35.8 Å². The molecule has 0 bridgehead atoms. The summed E-state index contributed by atoms with van der Waals surface area (Å²) in [6, 6.07) is 8.53. The zero-order chi connectivity index (χ0) is 23.6. The van der Waals surface area contributed by atoms with Gasteiger partial charge >= 0.3 is 12.1 Å². The number of rotatable bonds is 4. The molecule has 4 rings (SSSR count). The summed E-state index contributed by atoms with van der Waals surface area (Å²) in [6.45, 7) is 6.03. The highest BCUT2D eigenvalue weighted by molar-refractivity contribution is 7.13. The van der Waals surface area contributed by atoms with Crippen LogP contribution in [0.5, 0.6) is 0 Å². The number of anilines is 2. The molecule has 7 nitrogen and oxygen atoms in total. The summed E-state index contributed by atoms with van der Waals surface area (Å²) >= 11 is 1.74. The van der Waals surface area contributed by atoms with E-state index in [-0.39, 0.29) is 0 Å². The van der Waals surface area contributed by atoms with Gasteiger partial charge in [0.25, 0.3) is 0 Å². The van der Waals surface area contributed by atoms with Crippen LogP contribution in [0.25, 0.3) is 32.2 Å². The average Bonchev–Trinajstić information content (AvgIpc) is 3.38. The van der Waals surface area contributed by atoms with Crippen molar-refractivity contribution in [1.82, 2.24) is 14.5 Å². The highest BCUT2D eigenvalue weighted by atomic mass is 32.1. The van der Waals surface area contributed by atoms with Crippen LogP contribution in [0.15, 0.2) is 35.8 Å². The molecule has 0 saturated heterocycles. The first kappa shape index (κ1) is 23.3. The molecule has 32 heavy (non-hydrogen) atoms. The number of alkyl halides is 3. The number of benzene rings is 1. The van der Waals surface area contributed by atoms with E-state index in [2.05, 4.69) is 76.2 Å². The molecule has 0 atom stereocenters. The predicted molar refractivity (Wildman–Crippen MR) is 121 cm³/mol. The summed E-state index contributed by atoms with van der Waals surface area (Å²) in [5, 5.41) is 11.5. The van der Waals surface area contributed by atoms with Gasteiger partial charge in [-0.25, -0.2) is 9.78 Å². The van der Waals surface area contributed by atoms with Crippen molar-refractivity contribution in [3.8, 4) is 10.4 Å². The van der Waals surface area contributed by atoms with Crippen LogP contribution in [-0.4, -0.2) is 44.9 Å². The van der Waals surface area contributed by atoms with Crippen LogP contribution < -0.4 is 10.6 Å². The minimum Gasteiger partial charge on any atom is -0.475 e. The average molecular weight is 466 g/mol. The van der Waals surface area contributed by atoms with Crippen LogP contribution in [0.1, 0.15) is 13.8 Å². The van der Waals surface area contributed by atoms with E-state index in [0.717, 1.165) is 29.8 Å². The highest BCUT2D eigenvalue weighted by Crippen LogP contribution is 2.39. The van der Waals surface area contributed by atoms with Crippen molar-refractivity contribution in [1.29, 1.82) is 0 Å². The summed E-state index contributed by atoms with van der Waals surface area (Å²) in [5.74, 6) is -1.52. The van der Waals surface area contributed by atoms with E-state index in [1.54, 1.807) is 11.3 Å². The second kappa shape index (κ2) is 9.03. The fraction of sp³-hybridized carbons (Fsp3) is 0.286. The smallest absolute Gasteiger partial charge is 0.475 e. The quantitative estimate of drug-likeness (QED) is 0.444. The largest absolute Gasteiger partial charge is 0.490 e. The number of nitrogens with zero attached hydrogens (tertiary/aromatic N) is 4. The number of aliphatic carboxylic acids is 1. The number of thiophene rings is 1. The SMILES string of the molecule is CCN(CC)c1nc(N)nc2cc(-c3cccs3)c3c(ccn3C)c12.O=C(O)C(F)(F)F. The molecule has 3 N–H and O–H groups in total. The van der Waals surface area contributed by atoms with E-state index < -0.39 is 12.1 Å². The minimum atomic E-state index is -5.08. The van der Waals surface area contributed by atoms with Crippen molar-refractivity contribution >= 4 is 50.9 Å². The molecule has 0 unspecified atom stereocenters. The Kier molecular flexibility index (Phi) is 6.58. The van der Waals surface area contributed by atoms with Gasteiger partial charge in [0.2, 0.25) is 5.95 Å². The molecule has 170 valence electrons. The fourth-order valence-electron chi connectivity index (χ4n) is 3.49. The van der Waals surface area contributed by atoms with Gasteiger partial charge in [0.05, 0.1) is 16.4 Å². The zero-order valence-corrected chi connectivity index (χ0v) is 18.5. The molecule has 0 aliphatic heterocycles. The summed E-state index contributed by atoms with van der Waals surface area (Å²) in [4.78, 5) is 21.5. The molecule has 0 saturated carbocycles. The van der Waals surface area contributed by atoms with E-state index >= 15 is 0 Å². The van der Waals surface area contributed by atoms with Crippen molar-refractivity contribution in [2.24, 2.45) is 7.05 Å². The van der Waals surface area contributed by atoms with Gasteiger partial charge in [-0.3, -0.25) is 0 Å². The molecule has 1 aromatic carbocycles. The number of halogens is 3. The Bertz CT molecular complexity index is 1250. The number of fused-ring (bicyclic) bond motifs is 3. The molecule has 4 aromatic rings. The number of nitrogens with two attached hydrogens (primary N) is 1. The first-order valence-corrected chi connectivity index (χ1v) is 10.6. The number of carboxylic acids is 1. The lowest BCUT2D eigenvalue weighted by Crippen LogP contribution is -2.24. The van der Waals surface area contributed by atoms with Gasteiger partial charge in [-0.1, -0.05) is 6.07 Å². The summed E-state index contributed by atoms with van der Waals surface area (Å²) < 4.78 is 33.9. The normalized spacial score (nSPS) is 11.4. The topological polar surface area (TPSA) is 97.3 Å². The molecule has 0 amide bonds. The van der Waals surface area contributed by atoms with Crippen molar-refractivity contribution < 1.29 is 23.1 Å². The van der Waals surface area contributed by atoms with Crippen LogP contribution in [0.4, 0.5) is 24.9 Å². The Morgan fingerprint density at radius 2 is 1.91 bits per heavy atom. The zero-order valence-electron chi connectivity index (χ0n) is 17.6. The molecule has 0 radical (unpaired) electrons. The number of hydrogen-bond acceptors (Lipinski definition) is 6. The maximum atomic E-state index is 10.6. The molecular formula is C21H22F3N5O2S. The lowest BCUT2D eigenvalue weighted by atomic mass is 10.0. The monoisotopic (exact) mass is 465 g/mol. The van der Waals surface area contributed by atoms with E-state index in [1.165, 1.54) is 21.3 Å². The van der Waals surface area contributed by atoms with Gasteiger partial charge in [0.15, 0.2) is 0 Å². The summed E-state index contributed by atoms with van der Waals surface area (Å²) in [5.41, 5.74) is 9.33. The van der Waals surface area contributed by atoms with Gasteiger partial charge < -0.3 is 20.3 Å². The third-order valence-electron chi connectivity index (χ3n) is 4.91. The van der Waals surface area contributed by atoms with Crippen LogP contribution in [0.2, 0.25) is 0 Å². The van der Waals surface area contributed by atoms with Gasteiger partial charge in [-0.2, -0.15) is 18.2 Å². The van der Waals surface area contributed by atoms with E-state index in [1.807, 2.05) is 0 Å². The molecule has 0 spiro atoms. The summed E-state index contributed by atoms with van der Waals surface area (Å²) in [6.07, 6.45) is -2.98. The molecule has 0 fully saturated rings. The maximum Gasteiger partial charge on any atom is 0.490 e. The van der Waals surface area contributed by atoms with Gasteiger partial charge in [0, 0.05) is 42.2 Å². The first-order valence-electron chi connectivity index (χ1n) is 9.72. The number of aromatic nitrogens is 3. The number of carbonyl (C=O) groups is 1. The molecule has 3 aromatic heterocycles. The predicted octanol–water partition coefficient (Wildman–Crippen LogP) is 4.91. The number of aryl methyl sites for hydroxylation is 1. The van der Waals surface area contributed by atoms with E-state index in [4.69, 9.17) is 15.6 Å². The molecule has 3 heterocycles. The second-order valence-corrected chi connectivity index (χ2v) is 7.81.